The van der Waals surface area contributed by atoms with Crippen LogP contribution in [0, 0.1) is 0 Å². The fourth-order valence-corrected chi connectivity index (χ4v) is 3.16. The quantitative estimate of drug-likeness (QED) is 0.565. The van der Waals surface area contributed by atoms with Gasteiger partial charge in [0.2, 0.25) is 10.0 Å². The summed E-state index contributed by atoms with van der Waals surface area (Å²) in [5.74, 6) is 0.265. The highest BCUT2D eigenvalue weighted by atomic mass is 32.2. The van der Waals surface area contributed by atoms with Crippen LogP contribution in [0.3, 0.4) is 0 Å². The van der Waals surface area contributed by atoms with Gasteiger partial charge in [-0.1, -0.05) is 0 Å². The highest BCUT2D eigenvalue weighted by molar-refractivity contribution is 7.89. The molecule has 8 heteroatoms. The number of hydrogen-bond donors (Lipinski definition) is 1. The summed E-state index contributed by atoms with van der Waals surface area (Å²) in [6, 6.07) is 4.52. The van der Waals surface area contributed by atoms with Crippen LogP contribution in [-0.2, 0) is 19.6 Å². The Morgan fingerprint density at radius 3 is 2.38 bits per heavy atom. The first-order valence-electron chi connectivity index (χ1n) is 7.52. The number of esters is 1. The molecule has 0 aliphatic rings. The van der Waals surface area contributed by atoms with E-state index in [4.69, 9.17) is 14.2 Å². The molecule has 1 aromatic rings. The molecule has 0 aliphatic carbocycles. The minimum atomic E-state index is -3.78. The SMILES string of the molecule is COc1ccc(OC)c(S(=O)(=O)NCCCC(=O)OC(C)(C)C)c1. The third-order valence-electron chi connectivity index (χ3n) is 2.93. The van der Waals surface area contributed by atoms with Gasteiger partial charge in [0.25, 0.3) is 0 Å². The highest BCUT2D eigenvalue weighted by Crippen LogP contribution is 2.27. The van der Waals surface area contributed by atoms with Gasteiger partial charge in [0.1, 0.15) is 22.0 Å². The van der Waals surface area contributed by atoms with E-state index < -0.39 is 15.6 Å². The molecule has 0 spiro atoms. The van der Waals surface area contributed by atoms with Crippen molar-refractivity contribution in [2.24, 2.45) is 0 Å². The van der Waals surface area contributed by atoms with Gasteiger partial charge in [-0.15, -0.1) is 0 Å². The zero-order chi connectivity index (χ0) is 18.4. The summed E-state index contributed by atoms with van der Waals surface area (Å²) >= 11 is 0. The lowest BCUT2D eigenvalue weighted by atomic mass is 10.2. The van der Waals surface area contributed by atoms with E-state index in [0.717, 1.165) is 0 Å². The molecule has 0 bridgehead atoms. The predicted octanol–water partition coefficient (Wildman–Crippen LogP) is 2.10. The summed E-state index contributed by atoms with van der Waals surface area (Å²) in [5.41, 5.74) is -0.551. The Kier molecular flexibility index (Phi) is 7.04. The average molecular weight is 359 g/mol. The van der Waals surface area contributed by atoms with Crippen molar-refractivity contribution in [1.29, 1.82) is 0 Å². The summed E-state index contributed by atoms with van der Waals surface area (Å²) in [6.07, 6.45) is 0.468. The average Bonchev–Trinajstić information content (AvgIpc) is 2.49. The van der Waals surface area contributed by atoms with E-state index >= 15 is 0 Å². The zero-order valence-electron chi connectivity index (χ0n) is 14.7. The summed E-state index contributed by atoms with van der Waals surface area (Å²) < 4.78 is 42.5. The maximum absolute atomic E-state index is 12.4. The van der Waals surface area contributed by atoms with Crippen molar-refractivity contribution < 1.29 is 27.4 Å². The van der Waals surface area contributed by atoms with Crippen LogP contribution in [0.4, 0.5) is 0 Å². The molecule has 1 N–H and O–H groups in total. The van der Waals surface area contributed by atoms with Crippen LogP contribution in [0.5, 0.6) is 11.5 Å². The second-order valence-electron chi connectivity index (χ2n) is 6.10. The van der Waals surface area contributed by atoms with Crippen molar-refractivity contribution >= 4 is 16.0 Å². The highest BCUT2D eigenvalue weighted by Gasteiger charge is 2.21. The zero-order valence-corrected chi connectivity index (χ0v) is 15.5. The van der Waals surface area contributed by atoms with Gasteiger partial charge in [0, 0.05) is 19.0 Å². The molecule has 0 saturated carbocycles. The number of ether oxygens (including phenoxy) is 3. The molecule has 0 unspecified atom stereocenters. The van der Waals surface area contributed by atoms with E-state index in [0.29, 0.717) is 12.2 Å². The number of sulfonamides is 1. The molecule has 0 aliphatic heterocycles. The smallest absolute Gasteiger partial charge is 0.306 e. The molecule has 0 fully saturated rings. The Morgan fingerprint density at radius 1 is 1.17 bits per heavy atom. The molecular formula is C16H25NO6S. The maximum Gasteiger partial charge on any atom is 0.306 e. The van der Waals surface area contributed by atoms with E-state index in [1.807, 2.05) is 0 Å². The second-order valence-corrected chi connectivity index (χ2v) is 7.84. The summed E-state index contributed by atoms with van der Waals surface area (Å²) in [5, 5.41) is 0. The Hall–Kier alpha value is -1.80. The molecule has 0 saturated heterocycles. The van der Waals surface area contributed by atoms with Gasteiger partial charge >= 0.3 is 5.97 Å². The number of carbonyl (C=O) groups excluding carboxylic acids is 1. The monoisotopic (exact) mass is 359 g/mol. The van der Waals surface area contributed by atoms with Crippen LogP contribution in [0.1, 0.15) is 33.6 Å². The third-order valence-corrected chi connectivity index (χ3v) is 4.41. The van der Waals surface area contributed by atoms with Gasteiger partial charge in [-0.3, -0.25) is 4.79 Å². The first kappa shape index (κ1) is 20.2. The van der Waals surface area contributed by atoms with Gasteiger partial charge < -0.3 is 14.2 Å². The van der Waals surface area contributed by atoms with E-state index in [9.17, 15) is 13.2 Å². The van der Waals surface area contributed by atoms with Crippen molar-refractivity contribution in [3.63, 3.8) is 0 Å². The molecule has 0 heterocycles. The number of carbonyl (C=O) groups is 1. The number of benzene rings is 1. The molecule has 0 amide bonds. The van der Waals surface area contributed by atoms with E-state index in [-0.39, 0.29) is 29.6 Å². The van der Waals surface area contributed by atoms with Crippen molar-refractivity contribution in [1.82, 2.24) is 4.72 Å². The van der Waals surface area contributed by atoms with Crippen molar-refractivity contribution in [3.05, 3.63) is 18.2 Å². The largest absolute Gasteiger partial charge is 0.497 e. The summed E-state index contributed by atoms with van der Waals surface area (Å²) in [7, 11) is -0.933. The topological polar surface area (TPSA) is 90.9 Å². The number of hydrogen-bond acceptors (Lipinski definition) is 6. The maximum atomic E-state index is 12.4. The summed E-state index contributed by atoms with van der Waals surface area (Å²) in [6.45, 7) is 5.45. The molecule has 7 nitrogen and oxygen atoms in total. The molecular weight excluding hydrogens is 334 g/mol. The molecule has 0 atom stereocenters. The van der Waals surface area contributed by atoms with E-state index in [1.54, 1.807) is 26.8 Å². The van der Waals surface area contributed by atoms with Gasteiger partial charge in [0.15, 0.2) is 0 Å². The van der Waals surface area contributed by atoms with E-state index in [1.165, 1.54) is 26.4 Å². The van der Waals surface area contributed by atoms with Gasteiger partial charge in [-0.2, -0.15) is 0 Å². The Morgan fingerprint density at radius 2 is 1.83 bits per heavy atom. The molecule has 0 aromatic heterocycles. The minimum absolute atomic E-state index is 0.0124. The van der Waals surface area contributed by atoms with Crippen molar-refractivity contribution in [2.45, 2.75) is 44.1 Å². The van der Waals surface area contributed by atoms with Crippen LogP contribution in [0.25, 0.3) is 0 Å². The number of methoxy groups -OCH3 is 2. The summed E-state index contributed by atoms with van der Waals surface area (Å²) in [4.78, 5) is 11.6. The van der Waals surface area contributed by atoms with Crippen LogP contribution in [-0.4, -0.2) is 40.8 Å². The Labute approximate surface area is 143 Å². The molecule has 136 valence electrons. The number of nitrogens with one attached hydrogen (secondary N) is 1. The first-order valence-corrected chi connectivity index (χ1v) is 9.01. The molecule has 1 rings (SSSR count). The minimum Gasteiger partial charge on any atom is -0.497 e. The van der Waals surface area contributed by atoms with Crippen molar-refractivity contribution in [2.75, 3.05) is 20.8 Å². The van der Waals surface area contributed by atoms with Gasteiger partial charge in [-0.25, -0.2) is 13.1 Å². The lowest BCUT2D eigenvalue weighted by Crippen LogP contribution is -2.27. The molecule has 1 aromatic carbocycles. The molecule has 24 heavy (non-hydrogen) atoms. The predicted molar refractivity (Wildman–Crippen MR) is 89.8 cm³/mol. The Balaban J connectivity index is 2.66. The van der Waals surface area contributed by atoms with Crippen LogP contribution < -0.4 is 14.2 Å². The lowest BCUT2D eigenvalue weighted by Gasteiger charge is -2.19. The van der Waals surface area contributed by atoms with E-state index in [2.05, 4.69) is 4.72 Å². The van der Waals surface area contributed by atoms with Crippen LogP contribution >= 0.6 is 0 Å². The van der Waals surface area contributed by atoms with Crippen LogP contribution in [0.15, 0.2) is 23.1 Å². The fourth-order valence-electron chi connectivity index (χ4n) is 1.90. The second kappa shape index (κ2) is 8.34. The number of rotatable bonds is 8. The molecule has 0 radical (unpaired) electrons. The Bertz CT molecular complexity index is 664. The standard InChI is InChI=1S/C16H25NO6S/c1-16(2,3)23-15(18)7-6-10-17-24(19,20)14-11-12(21-4)8-9-13(14)22-5/h8-9,11,17H,6-7,10H2,1-5H3. The van der Waals surface area contributed by atoms with Gasteiger partial charge in [-0.05, 0) is 39.3 Å². The van der Waals surface area contributed by atoms with Gasteiger partial charge in [0.05, 0.1) is 14.2 Å². The van der Waals surface area contributed by atoms with Crippen molar-refractivity contribution in [3.8, 4) is 11.5 Å². The van der Waals surface area contributed by atoms with Crippen LogP contribution in [0.2, 0.25) is 0 Å². The normalized spacial score (nSPS) is 11.9. The first-order chi connectivity index (χ1) is 11.1. The lowest BCUT2D eigenvalue weighted by molar-refractivity contribution is -0.154. The fraction of sp³-hybridized carbons (Fsp3) is 0.562. The third kappa shape index (κ3) is 6.37.